The second-order valence-electron chi connectivity index (χ2n) is 8.56. The van der Waals surface area contributed by atoms with E-state index in [1.165, 1.54) is 54.8 Å². The number of carboxylic acids is 1. The van der Waals surface area contributed by atoms with Crippen LogP contribution in [0.1, 0.15) is 21.5 Å². The first-order valence-corrected chi connectivity index (χ1v) is 12.8. The van der Waals surface area contributed by atoms with Crippen LogP contribution in [-0.4, -0.2) is 63.2 Å². The zero-order chi connectivity index (χ0) is 29.7. The predicted molar refractivity (Wildman–Crippen MR) is 150 cm³/mol. The number of rotatable bonds is 12. The van der Waals surface area contributed by atoms with E-state index in [4.69, 9.17) is 28.4 Å². The molecule has 0 amide bonds. The fourth-order valence-electron chi connectivity index (χ4n) is 4.46. The third-order valence-electron chi connectivity index (χ3n) is 6.35. The van der Waals surface area contributed by atoms with Crippen molar-refractivity contribution in [2.75, 3.05) is 42.7 Å². The summed E-state index contributed by atoms with van der Waals surface area (Å²) in [6.07, 6.45) is -0.136. The first-order valence-electron chi connectivity index (χ1n) is 12.1. The molecule has 0 aliphatic carbocycles. The van der Waals surface area contributed by atoms with Crippen molar-refractivity contribution >= 4 is 40.1 Å². The monoisotopic (exact) mass is 602 g/mol. The van der Waals surface area contributed by atoms with Crippen LogP contribution in [0.15, 0.2) is 48.0 Å². The fourth-order valence-corrected chi connectivity index (χ4v) is 4.98. The SMILES string of the molecule is COc1cc(C/C(C(=O)c2cc(OC)c(OC)c(OC)c2)=C(/C(=O)[O-])c2ccc3nsnc3c2)cc(OC)c1OC.[Na+]. The minimum absolute atomic E-state index is 0. The Morgan fingerprint density at radius 1 is 0.690 bits per heavy atom. The minimum atomic E-state index is -1.55. The maximum absolute atomic E-state index is 14.2. The van der Waals surface area contributed by atoms with Gasteiger partial charge in [-0.3, -0.25) is 4.79 Å². The molecule has 42 heavy (non-hydrogen) atoms. The molecule has 11 nitrogen and oxygen atoms in total. The molecule has 4 aromatic rings. The van der Waals surface area contributed by atoms with Gasteiger partial charge < -0.3 is 38.3 Å². The molecular formula is C29H27N2NaO9S. The number of ketones is 1. The first-order chi connectivity index (χ1) is 19.8. The van der Waals surface area contributed by atoms with E-state index in [0.29, 0.717) is 33.8 Å². The zero-order valence-electron chi connectivity index (χ0n) is 24.2. The summed E-state index contributed by atoms with van der Waals surface area (Å²) in [5, 5.41) is 12.7. The number of hydrogen-bond donors (Lipinski definition) is 0. The van der Waals surface area contributed by atoms with Gasteiger partial charge in [-0.25, -0.2) is 0 Å². The van der Waals surface area contributed by atoms with Crippen LogP contribution in [0.2, 0.25) is 0 Å². The molecule has 0 bridgehead atoms. The number of methoxy groups -OCH3 is 6. The Hall–Kier alpha value is -3.84. The molecule has 214 valence electrons. The third kappa shape index (κ3) is 6.46. The van der Waals surface area contributed by atoms with E-state index in [1.807, 2.05) is 0 Å². The number of carbonyl (C=O) groups is 2. The van der Waals surface area contributed by atoms with Gasteiger partial charge in [0.1, 0.15) is 11.0 Å². The van der Waals surface area contributed by atoms with Crippen LogP contribution < -0.4 is 63.1 Å². The number of benzene rings is 3. The van der Waals surface area contributed by atoms with E-state index in [1.54, 1.807) is 30.3 Å². The summed E-state index contributed by atoms with van der Waals surface area (Å²) in [4.78, 5) is 27.0. The van der Waals surface area contributed by atoms with Gasteiger partial charge in [0.2, 0.25) is 11.5 Å². The molecule has 0 saturated carbocycles. The number of carboxylic acid groups (broad SMARTS) is 1. The molecule has 0 unspecified atom stereocenters. The normalized spacial score (nSPS) is 11.2. The number of carbonyl (C=O) groups excluding carboxylic acids is 2. The molecule has 0 fully saturated rings. The Morgan fingerprint density at radius 3 is 1.67 bits per heavy atom. The van der Waals surface area contributed by atoms with Gasteiger partial charge in [0.25, 0.3) is 0 Å². The van der Waals surface area contributed by atoms with Gasteiger partial charge in [-0.2, -0.15) is 8.75 Å². The Kier molecular flexibility index (Phi) is 11.2. The molecule has 0 radical (unpaired) electrons. The predicted octanol–water partition coefficient (Wildman–Crippen LogP) is 0.376. The Morgan fingerprint density at radius 2 is 1.19 bits per heavy atom. The quantitative estimate of drug-likeness (QED) is 0.126. The van der Waals surface area contributed by atoms with E-state index in [0.717, 1.165) is 11.7 Å². The van der Waals surface area contributed by atoms with Crippen LogP contribution in [0, 0.1) is 0 Å². The Balaban J connectivity index is 0.00000484. The van der Waals surface area contributed by atoms with Gasteiger partial charge >= 0.3 is 29.6 Å². The molecule has 0 saturated heterocycles. The zero-order valence-corrected chi connectivity index (χ0v) is 27.0. The molecule has 3 aromatic carbocycles. The summed E-state index contributed by atoms with van der Waals surface area (Å²) < 4.78 is 41.0. The van der Waals surface area contributed by atoms with Crippen molar-refractivity contribution in [3.8, 4) is 34.5 Å². The summed E-state index contributed by atoms with van der Waals surface area (Å²) in [7, 11) is 8.67. The van der Waals surface area contributed by atoms with Gasteiger partial charge in [0.05, 0.1) is 60.4 Å². The topological polar surface area (TPSA) is 138 Å². The molecule has 4 rings (SSSR count). The van der Waals surface area contributed by atoms with Crippen LogP contribution in [-0.2, 0) is 11.2 Å². The second-order valence-corrected chi connectivity index (χ2v) is 9.09. The molecule has 0 aliphatic heterocycles. The fraction of sp³-hybridized carbons (Fsp3) is 0.241. The Bertz CT molecular complexity index is 1600. The van der Waals surface area contributed by atoms with Gasteiger partial charge in [-0.15, -0.1) is 0 Å². The van der Waals surface area contributed by atoms with E-state index in [2.05, 4.69) is 8.75 Å². The average molecular weight is 603 g/mol. The van der Waals surface area contributed by atoms with Crippen molar-refractivity contribution in [2.45, 2.75) is 6.42 Å². The molecule has 0 atom stereocenters. The molecule has 1 heterocycles. The third-order valence-corrected chi connectivity index (χ3v) is 6.91. The van der Waals surface area contributed by atoms with Crippen LogP contribution in [0.5, 0.6) is 34.5 Å². The van der Waals surface area contributed by atoms with E-state index in [9.17, 15) is 14.7 Å². The maximum atomic E-state index is 14.2. The van der Waals surface area contributed by atoms with Gasteiger partial charge in [0, 0.05) is 23.1 Å². The minimum Gasteiger partial charge on any atom is -0.545 e. The van der Waals surface area contributed by atoms with Crippen molar-refractivity contribution in [1.29, 1.82) is 0 Å². The second kappa shape index (κ2) is 14.4. The van der Waals surface area contributed by atoms with Crippen LogP contribution in [0.4, 0.5) is 0 Å². The van der Waals surface area contributed by atoms with Crippen molar-refractivity contribution < 1.29 is 72.7 Å². The summed E-state index contributed by atoms with van der Waals surface area (Å²) in [6, 6.07) is 11.0. The number of ether oxygens (including phenoxy) is 6. The first kappa shape index (κ1) is 32.7. The number of aromatic nitrogens is 2. The smallest absolute Gasteiger partial charge is 0.545 e. The standard InChI is InChI=1S/C29H28N2O9S.Na/c1-35-21-10-15(11-22(36-2)27(21)39-5)9-18(25(29(33)34)16-7-8-19-20(12-16)31-41-30-19)26(32)17-13-23(37-3)28(40-6)24(14-17)38-4;/h7-8,10-14H,9H2,1-6H3,(H,33,34);/q;+1/p-1/b25-18-;. The van der Waals surface area contributed by atoms with E-state index >= 15 is 0 Å². The largest absolute Gasteiger partial charge is 1.00 e. The average Bonchev–Trinajstić information content (AvgIpc) is 3.46. The van der Waals surface area contributed by atoms with Gasteiger partial charge in [0.15, 0.2) is 28.8 Å². The summed E-state index contributed by atoms with van der Waals surface area (Å²) in [5.41, 5.74) is 1.55. The molecule has 1 aromatic heterocycles. The maximum Gasteiger partial charge on any atom is 1.00 e. The van der Waals surface area contributed by atoms with Crippen molar-refractivity contribution in [3.05, 3.63) is 64.7 Å². The summed E-state index contributed by atoms with van der Waals surface area (Å²) in [5.74, 6) is -0.382. The number of allylic oxidation sites excluding steroid dienone is 1. The van der Waals surface area contributed by atoms with Crippen LogP contribution in [0.25, 0.3) is 16.6 Å². The molecule has 0 spiro atoms. The van der Waals surface area contributed by atoms with Gasteiger partial charge in [-0.05, 0) is 47.5 Å². The number of aliphatic carboxylic acids is 1. The van der Waals surface area contributed by atoms with E-state index < -0.39 is 11.8 Å². The van der Waals surface area contributed by atoms with E-state index in [-0.39, 0.29) is 75.5 Å². The van der Waals surface area contributed by atoms with Crippen molar-refractivity contribution in [2.24, 2.45) is 0 Å². The summed E-state index contributed by atoms with van der Waals surface area (Å²) in [6.45, 7) is 0. The number of fused-ring (bicyclic) bond motifs is 1. The molecule has 0 aliphatic rings. The number of hydrogen-bond acceptors (Lipinski definition) is 12. The van der Waals surface area contributed by atoms with Gasteiger partial charge in [-0.1, -0.05) is 6.07 Å². The van der Waals surface area contributed by atoms with Crippen molar-refractivity contribution in [3.63, 3.8) is 0 Å². The molecule has 13 heteroatoms. The van der Waals surface area contributed by atoms with Crippen LogP contribution >= 0.6 is 11.7 Å². The Labute approximate surface area is 268 Å². The molecule has 0 N–H and O–H groups in total. The molecular weight excluding hydrogens is 575 g/mol. The number of nitrogens with zero attached hydrogens (tertiary/aromatic N) is 2. The number of Topliss-reactive ketones (excluding diaryl/α,β-unsaturated/α-hetero) is 1. The van der Waals surface area contributed by atoms with Crippen LogP contribution in [0.3, 0.4) is 0 Å². The van der Waals surface area contributed by atoms with Crippen molar-refractivity contribution in [1.82, 2.24) is 8.75 Å². The summed E-state index contributed by atoms with van der Waals surface area (Å²) >= 11 is 0.994.